The molecule has 0 aromatic heterocycles. The Balaban J connectivity index is 1.34. The molecule has 0 bridgehead atoms. The molecule has 52 heavy (non-hydrogen) atoms. The molecule has 0 saturated carbocycles. The molecule has 2 unspecified atom stereocenters. The Bertz CT molecular complexity index is 1320. The molecule has 0 aromatic carbocycles. The number of epoxide rings is 1. The first-order valence-corrected chi connectivity index (χ1v) is 18.3. The van der Waals surface area contributed by atoms with Gasteiger partial charge in [0.1, 0.15) is 42.7 Å². The molecule has 294 valence electrons. The molecule has 1 spiro atoms. The molecule has 0 aliphatic carbocycles. The maximum atomic E-state index is 13.4. The van der Waals surface area contributed by atoms with Crippen LogP contribution < -0.4 is 0 Å². The molecule has 15 heteroatoms. The summed E-state index contributed by atoms with van der Waals surface area (Å²) in [5.41, 5.74) is -1.35. The predicted molar refractivity (Wildman–Crippen MR) is 181 cm³/mol. The van der Waals surface area contributed by atoms with Crippen molar-refractivity contribution in [3.05, 3.63) is 24.3 Å². The van der Waals surface area contributed by atoms with Crippen LogP contribution in [0.2, 0.25) is 0 Å². The number of cyclic esters (lactones) is 2. The molecular weight excluding hydrogens is 684 g/mol. The van der Waals surface area contributed by atoms with E-state index in [0.717, 1.165) is 0 Å². The summed E-state index contributed by atoms with van der Waals surface area (Å²) in [6.45, 7) is 12.6. The van der Waals surface area contributed by atoms with Gasteiger partial charge in [-0.15, -0.1) is 0 Å². The van der Waals surface area contributed by atoms with Gasteiger partial charge in [0, 0.05) is 44.5 Å². The smallest absolute Gasteiger partial charge is 0.459 e. The van der Waals surface area contributed by atoms with Crippen LogP contribution in [0.5, 0.6) is 0 Å². The van der Waals surface area contributed by atoms with Gasteiger partial charge in [0.25, 0.3) is 0 Å². The van der Waals surface area contributed by atoms with E-state index in [0.29, 0.717) is 6.42 Å². The largest absolute Gasteiger partial charge is 0.509 e. The third-order valence-corrected chi connectivity index (χ3v) is 11.2. The second-order valence-electron chi connectivity index (χ2n) is 15.0. The minimum absolute atomic E-state index is 0.0493. The fourth-order valence-electron chi connectivity index (χ4n) is 7.99. The first-order valence-electron chi connectivity index (χ1n) is 18.3. The van der Waals surface area contributed by atoms with Crippen molar-refractivity contribution in [1.29, 1.82) is 0 Å². The summed E-state index contributed by atoms with van der Waals surface area (Å²) in [5.74, 6) is -2.20. The highest BCUT2D eigenvalue weighted by Gasteiger charge is 2.61. The van der Waals surface area contributed by atoms with Crippen LogP contribution in [-0.4, -0.2) is 134 Å². The van der Waals surface area contributed by atoms with Crippen molar-refractivity contribution in [1.82, 2.24) is 0 Å². The minimum atomic E-state index is -1.36. The summed E-state index contributed by atoms with van der Waals surface area (Å²) in [4.78, 5) is 38.7. The number of methoxy groups -OCH3 is 2. The maximum absolute atomic E-state index is 13.4. The lowest BCUT2D eigenvalue weighted by Crippen LogP contribution is -2.62. The third kappa shape index (κ3) is 8.74. The lowest BCUT2D eigenvalue weighted by atomic mass is 9.82. The van der Waals surface area contributed by atoms with E-state index < -0.39 is 115 Å². The average Bonchev–Trinajstić information content (AvgIpc) is 3.79. The summed E-state index contributed by atoms with van der Waals surface area (Å²) >= 11 is 0. The van der Waals surface area contributed by atoms with Crippen molar-refractivity contribution in [2.75, 3.05) is 20.8 Å². The van der Waals surface area contributed by atoms with Gasteiger partial charge in [-0.1, -0.05) is 26.8 Å². The second-order valence-corrected chi connectivity index (χ2v) is 15.0. The number of carbonyl (C=O) groups excluding carboxylic acids is 3. The normalized spacial score (nSPS) is 48.7. The van der Waals surface area contributed by atoms with Gasteiger partial charge >= 0.3 is 12.1 Å². The Hall–Kier alpha value is -2.47. The lowest BCUT2D eigenvalue weighted by molar-refractivity contribution is -0.308. The number of fused-ring (bicyclic) bond motifs is 1. The van der Waals surface area contributed by atoms with Crippen LogP contribution in [0.15, 0.2) is 24.3 Å². The van der Waals surface area contributed by atoms with E-state index in [1.54, 1.807) is 39.8 Å². The summed E-state index contributed by atoms with van der Waals surface area (Å²) in [7, 11) is 2.96. The Kier molecular flexibility index (Phi) is 13.2. The van der Waals surface area contributed by atoms with Crippen LogP contribution in [0.4, 0.5) is 4.79 Å². The molecular formula is C37H56O15. The monoisotopic (exact) mass is 740 g/mol. The minimum Gasteiger partial charge on any atom is -0.459 e. The molecule has 5 aliphatic rings. The van der Waals surface area contributed by atoms with Crippen molar-refractivity contribution in [2.45, 2.75) is 147 Å². The standard InChI is InChI=1S/C37H56O15/c1-17-10-13-27(39)47-21(5)24(16-45-34-32(44-9)31(43-8)28(40)22(6)48-34)30-26(50-30)12-11-25(38)18(2)14-19(3)29(17)51-35-33(41)37(15-20(4)46-35)23(7)49-36(42)52-37/h10-13,17-24,26,28-35,40-41H,14-16H2,1-9H3/b12-11+,13-10+/t17-,18+,19-,20?,21+,22+,23+,24+,26+,28?,29+,30-,31+,32+,33-,34+,35-,37-/m0/s1. The molecule has 5 rings (SSSR count). The van der Waals surface area contributed by atoms with Gasteiger partial charge in [0.15, 0.2) is 24.0 Å². The van der Waals surface area contributed by atoms with E-state index in [1.807, 2.05) is 20.8 Å². The number of aliphatic hydroxyl groups is 2. The number of allylic oxidation sites excluding steroid dienone is 1. The summed E-state index contributed by atoms with van der Waals surface area (Å²) in [5, 5.41) is 22.0. The molecule has 18 atom stereocenters. The summed E-state index contributed by atoms with van der Waals surface area (Å²) in [6, 6.07) is 0. The van der Waals surface area contributed by atoms with E-state index in [2.05, 4.69) is 0 Å². The molecule has 4 saturated heterocycles. The number of carbonyl (C=O) groups is 3. The van der Waals surface area contributed by atoms with Gasteiger partial charge in [0.05, 0.1) is 31.0 Å². The van der Waals surface area contributed by atoms with E-state index in [4.69, 9.17) is 47.4 Å². The van der Waals surface area contributed by atoms with Gasteiger partial charge in [-0.2, -0.15) is 0 Å². The molecule has 0 radical (unpaired) electrons. The van der Waals surface area contributed by atoms with Crippen LogP contribution in [0.25, 0.3) is 0 Å². The highest BCUT2D eigenvalue weighted by Crippen LogP contribution is 2.42. The zero-order valence-electron chi connectivity index (χ0n) is 31.4. The Morgan fingerprint density at radius 2 is 1.54 bits per heavy atom. The number of hydrogen-bond acceptors (Lipinski definition) is 15. The average molecular weight is 741 g/mol. The fourth-order valence-corrected chi connectivity index (χ4v) is 7.99. The van der Waals surface area contributed by atoms with Crippen molar-refractivity contribution in [2.24, 2.45) is 23.7 Å². The van der Waals surface area contributed by atoms with Crippen LogP contribution in [0, 0.1) is 23.7 Å². The fraction of sp³-hybridized carbons (Fsp3) is 0.811. The van der Waals surface area contributed by atoms with E-state index in [-0.39, 0.29) is 24.7 Å². The zero-order chi connectivity index (χ0) is 38.1. The van der Waals surface area contributed by atoms with Crippen molar-refractivity contribution >= 4 is 17.9 Å². The Labute approximate surface area is 305 Å². The summed E-state index contributed by atoms with van der Waals surface area (Å²) < 4.78 is 58.3. The number of ether oxygens (including phenoxy) is 10. The number of esters is 1. The van der Waals surface area contributed by atoms with Crippen LogP contribution in [-0.2, 0) is 57.0 Å². The number of aliphatic hydroxyl groups excluding tert-OH is 2. The van der Waals surface area contributed by atoms with E-state index in [1.165, 1.54) is 26.4 Å². The molecule has 5 heterocycles. The molecule has 15 nitrogen and oxygen atoms in total. The Morgan fingerprint density at radius 3 is 2.19 bits per heavy atom. The molecule has 4 fully saturated rings. The van der Waals surface area contributed by atoms with Crippen LogP contribution >= 0.6 is 0 Å². The number of ketones is 1. The van der Waals surface area contributed by atoms with Crippen LogP contribution in [0.1, 0.15) is 61.3 Å². The highest BCUT2D eigenvalue weighted by molar-refractivity contribution is 5.91. The van der Waals surface area contributed by atoms with Gasteiger partial charge in [-0.05, 0) is 52.2 Å². The Morgan fingerprint density at radius 1 is 0.827 bits per heavy atom. The van der Waals surface area contributed by atoms with Crippen molar-refractivity contribution in [3.8, 4) is 0 Å². The summed E-state index contributed by atoms with van der Waals surface area (Å²) in [6.07, 6.45) is -3.65. The first kappa shape index (κ1) is 40.7. The predicted octanol–water partition coefficient (Wildman–Crippen LogP) is 2.62. The van der Waals surface area contributed by atoms with E-state index >= 15 is 0 Å². The first-order chi connectivity index (χ1) is 24.6. The highest BCUT2D eigenvalue weighted by atomic mass is 16.8. The lowest BCUT2D eigenvalue weighted by Gasteiger charge is -2.46. The molecule has 5 aliphatic heterocycles. The van der Waals surface area contributed by atoms with Gasteiger partial charge in [-0.3, -0.25) is 4.79 Å². The topological polar surface area (TPSA) is 187 Å². The van der Waals surface area contributed by atoms with Gasteiger partial charge < -0.3 is 57.6 Å². The molecule has 0 amide bonds. The zero-order valence-corrected chi connectivity index (χ0v) is 31.4. The van der Waals surface area contributed by atoms with Gasteiger partial charge in [-0.25, -0.2) is 9.59 Å². The number of hydrogen-bond donors (Lipinski definition) is 2. The second kappa shape index (κ2) is 16.9. The quantitative estimate of drug-likeness (QED) is 0.286. The van der Waals surface area contributed by atoms with E-state index in [9.17, 15) is 24.6 Å². The molecule has 2 N–H and O–H groups in total. The van der Waals surface area contributed by atoms with Crippen LogP contribution in [0.3, 0.4) is 0 Å². The molecule has 0 aromatic rings. The van der Waals surface area contributed by atoms with Crippen molar-refractivity contribution in [3.63, 3.8) is 0 Å². The number of rotatable bonds is 7. The SMILES string of the molecule is CO[C@H]1[C@H](OC[C@H]2[C@@H]3O[C@@H]3/C=C/C(=O)[C@H](C)C[C@H](C)[C@H](O[C@@H]3OC(C)C[C@@]4(OC(=O)O[C@@H]4C)[C@H]3O)[C@@H](C)/C=C/C(=O)O[C@@H]2C)O[C@H](C)C(O)[C@H]1OC. The third-order valence-electron chi connectivity index (χ3n) is 11.2. The van der Waals surface area contributed by atoms with Gasteiger partial charge in [0.2, 0.25) is 0 Å². The maximum Gasteiger partial charge on any atom is 0.509 e. The van der Waals surface area contributed by atoms with Crippen molar-refractivity contribution < 1.29 is 72.0 Å².